The number of nitrogens with zero attached hydrogens (tertiary/aromatic N) is 2. The molecule has 1 aliphatic heterocycles. The van der Waals surface area contributed by atoms with Gasteiger partial charge in [-0.05, 0) is 76.2 Å². The fraction of sp³-hybridized carbons (Fsp3) is 0.242. The van der Waals surface area contributed by atoms with Crippen LogP contribution in [0, 0.1) is 5.92 Å². The number of hydrogen-bond acceptors (Lipinski definition) is 5. The Morgan fingerprint density at radius 3 is 2.53 bits per heavy atom. The third-order valence-electron chi connectivity index (χ3n) is 7.10. The number of pyridine rings is 1. The molecule has 3 aromatic carbocycles. The van der Waals surface area contributed by atoms with Gasteiger partial charge < -0.3 is 15.4 Å². The molecule has 5 heteroatoms. The summed E-state index contributed by atoms with van der Waals surface area (Å²) in [4.78, 5) is 6.93. The first kappa shape index (κ1) is 25.6. The molecule has 0 aliphatic carbocycles. The lowest BCUT2D eigenvalue weighted by Gasteiger charge is -2.36. The molecule has 5 nitrogen and oxygen atoms in total. The van der Waals surface area contributed by atoms with Gasteiger partial charge in [-0.15, -0.1) is 0 Å². The van der Waals surface area contributed by atoms with Gasteiger partial charge in [0.15, 0.2) is 0 Å². The molecule has 5 rings (SSSR count). The number of likely N-dealkylation sites (tertiary alicyclic amines) is 1. The van der Waals surface area contributed by atoms with Crippen molar-refractivity contribution in [1.29, 1.82) is 0 Å². The molecule has 0 atom stereocenters. The van der Waals surface area contributed by atoms with E-state index in [4.69, 9.17) is 4.74 Å². The van der Waals surface area contributed by atoms with Crippen molar-refractivity contribution < 1.29 is 4.74 Å². The molecule has 0 saturated carbocycles. The normalized spacial score (nSPS) is 13.6. The summed E-state index contributed by atoms with van der Waals surface area (Å²) in [7, 11) is 1.90. The summed E-state index contributed by atoms with van der Waals surface area (Å²) < 4.78 is 5.91. The molecular weight excluding hydrogens is 468 g/mol. The highest BCUT2D eigenvalue weighted by Gasteiger charge is 2.21. The first-order valence-corrected chi connectivity index (χ1v) is 13.2. The molecule has 38 heavy (non-hydrogen) atoms. The smallest absolute Gasteiger partial charge is 0.130 e. The van der Waals surface area contributed by atoms with Gasteiger partial charge in [-0.2, -0.15) is 0 Å². The predicted octanol–water partition coefficient (Wildman–Crippen LogP) is 6.43. The van der Waals surface area contributed by atoms with E-state index in [0.29, 0.717) is 6.61 Å². The lowest BCUT2D eigenvalue weighted by atomic mass is 9.98. The van der Waals surface area contributed by atoms with Crippen molar-refractivity contribution >= 4 is 28.0 Å². The minimum absolute atomic E-state index is 0.714. The Morgan fingerprint density at radius 1 is 0.974 bits per heavy atom. The van der Waals surface area contributed by atoms with Crippen LogP contribution in [0.15, 0.2) is 92.2 Å². The van der Waals surface area contributed by atoms with E-state index in [9.17, 15) is 0 Å². The first-order valence-electron chi connectivity index (χ1n) is 13.2. The summed E-state index contributed by atoms with van der Waals surface area (Å²) in [6.45, 7) is 14.7. The van der Waals surface area contributed by atoms with Crippen LogP contribution in [0.3, 0.4) is 0 Å². The largest absolute Gasteiger partial charge is 0.492 e. The number of rotatable bonds is 11. The zero-order valence-electron chi connectivity index (χ0n) is 22.3. The van der Waals surface area contributed by atoms with Crippen LogP contribution in [0.1, 0.15) is 29.2 Å². The van der Waals surface area contributed by atoms with Gasteiger partial charge in [0, 0.05) is 49.8 Å². The molecular formula is C33H36N4O. The van der Waals surface area contributed by atoms with Gasteiger partial charge in [-0.3, -0.25) is 4.90 Å². The quantitative estimate of drug-likeness (QED) is 0.247. The van der Waals surface area contributed by atoms with Crippen LogP contribution in [0.4, 0.5) is 5.82 Å². The van der Waals surface area contributed by atoms with Crippen LogP contribution in [0.25, 0.3) is 22.2 Å². The van der Waals surface area contributed by atoms with Crippen molar-refractivity contribution in [3.05, 3.63) is 114 Å². The highest BCUT2D eigenvalue weighted by atomic mass is 16.5. The Morgan fingerprint density at radius 2 is 1.76 bits per heavy atom. The van der Waals surface area contributed by atoms with Gasteiger partial charge in [-0.25, -0.2) is 4.98 Å². The van der Waals surface area contributed by atoms with Gasteiger partial charge in [-0.1, -0.05) is 56.5 Å². The van der Waals surface area contributed by atoms with Gasteiger partial charge >= 0.3 is 0 Å². The molecule has 1 aromatic heterocycles. The Balaban J connectivity index is 1.19. The number of benzene rings is 3. The summed E-state index contributed by atoms with van der Waals surface area (Å²) in [6.07, 6.45) is 2.66. The monoisotopic (exact) mass is 504 g/mol. The Labute approximate surface area is 225 Å². The standard InChI is InChI=1S/C33H36N4O/c1-23-21-37(22-23)16-17-38-30-11-9-28(10-12-30)24(2)36-33-20-27(14-15-35-33)18-26-8-13-32-29(19-26)6-5-7-31(32)25(3)34-4/h5-15,19-20,23,34H,2-3,16-18,21-22H2,1,4H3,(H,35,36). The average molecular weight is 505 g/mol. The second-order valence-corrected chi connectivity index (χ2v) is 10.2. The molecule has 0 spiro atoms. The number of anilines is 1. The summed E-state index contributed by atoms with van der Waals surface area (Å²) in [5.41, 5.74) is 6.30. The fourth-order valence-corrected chi connectivity index (χ4v) is 5.01. The zero-order chi connectivity index (χ0) is 26.5. The van der Waals surface area contributed by atoms with Crippen molar-refractivity contribution in [1.82, 2.24) is 15.2 Å². The maximum Gasteiger partial charge on any atom is 0.130 e. The third kappa shape index (κ3) is 6.06. The van der Waals surface area contributed by atoms with Crippen molar-refractivity contribution in [2.45, 2.75) is 13.3 Å². The number of hydrogen-bond donors (Lipinski definition) is 2. The highest BCUT2D eigenvalue weighted by molar-refractivity contribution is 5.93. The van der Waals surface area contributed by atoms with Crippen LogP contribution in [0.2, 0.25) is 0 Å². The van der Waals surface area contributed by atoms with E-state index in [0.717, 1.165) is 53.0 Å². The van der Waals surface area contributed by atoms with E-state index in [1.165, 1.54) is 35.0 Å². The molecule has 0 bridgehead atoms. The van der Waals surface area contributed by atoms with Gasteiger partial charge in [0.2, 0.25) is 0 Å². The minimum Gasteiger partial charge on any atom is -0.492 e. The van der Waals surface area contributed by atoms with Gasteiger partial charge in [0.05, 0.1) is 0 Å². The van der Waals surface area contributed by atoms with E-state index in [1.54, 1.807) is 0 Å². The third-order valence-corrected chi connectivity index (χ3v) is 7.10. The number of ether oxygens (including phenoxy) is 1. The van der Waals surface area contributed by atoms with Crippen molar-refractivity contribution in [2.75, 3.05) is 38.6 Å². The molecule has 4 aromatic rings. The maximum absolute atomic E-state index is 5.91. The summed E-state index contributed by atoms with van der Waals surface area (Å²) in [6, 6.07) is 25.2. The second kappa shape index (κ2) is 11.5. The number of nitrogens with one attached hydrogen (secondary N) is 2. The molecule has 1 fully saturated rings. The molecule has 2 heterocycles. The minimum atomic E-state index is 0.714. The molecule has 0 amide bonds. The molecule has 1 saturated heterocycles. The topological polar surface area (TPSA) is 49.4 Å². The maximum atomic E-state index is 5.91. The van der Waals surface area contributed by atoms with Crippen LogP contribution >= 0.6 is 0 Å². The first-order chi connectivity index (χ1) is 18.5. The van der Waals surface area contributed by atoms with Gasteiger partial charge in [0.1, 0.15) is 18.2 Å². The van der Waals surface area contributed by atoms with E-state index in [2.05, 4.69) is 89.1 Å². The fourth-order valence-electron chi connectivity index (χ4n) is 5.01. The van der Waals surface area contributed by atoms with Crippen LogP contribution in [0.5, 0.6) is 5.75 Å². The number of aromatic nitrogens is 1. The second-order valence-electron chi connectivity index (χ2n) is 10.2. The Kier molecular flexibility index (Phi) is 7.75. The molecule has 2 N–H and O–H groups in total. The van der Waals surface area contributed by atoms with Crippen molar-refractivity contribution in [3.8, 4) is 5.75 Å². The van der Waals surface area contributed by atoms with Crippen LogP contribution in [-0.4, -0.2) is 43.2 Å². The number of fused-ring (bicyclic) bond motifs is 1. The lowest BCUT2D eigenvalue weighted by Crippen LogP contribution is -2.46. The van der Waals surface area contributed by atoms with Gasteiger partial charge in [0.25, 0.3) is 0 Å². The van der Waals surface area contributed by atoms with E-state index in [1.807, 2.05) is 37.5 Å². The zero-order valence-corrected chi connectivity index (χ0v) is 22.3. The van der Waals surface area contributed by atoms with Crippen LogP contribution in [-0.2, 0) is 6.42 Å². The highest BCUT2D eigenvalue weighted by Crippen LogP contribution is 2.26. The summed E-state index contributed by atoms with van der Waals surface area (Å²) in [5.74, 6) is 2.48. The van der Waals surface area contributed by atoms with E-state index >= 15 is 0 Å². The average Bonchev–Trinajstić information content (AvgIpc) is 2.91. The van der Waals surface area contributed by atoms with E-state index in [-0.39, 0.29) is 0 Å². The molecule has 0 radical (unpaired) electrons. The summed E-state index contributed by atoms with van der Waals surface area (Å²) >= 11 is 0. The molecule has 194 valence electrons. The van der Waals surface area contributed by atoms with Crippen molar-refractivity contribution in [3.63, 3.8) is 0 Å². The van der Waals surface area contributed by atoms with Crippen molar-refractivity contribution in [2.24, 2.45) is 5.92 Å². The van der Waals surface area contributed by atoms with Crippen LogP contribution < -0.4 is 15.4 Å². The SMILES string of the molecule is C=C(Nc1cc(Cc2ccc3c(C(=C)NC)cccc3c2)ccn1)c1ccc(OCCN2CC(C)C2)cc1. The van der Waals surface area contributed by atoms with E-state index < -0.39 is 0 Å². The summed E-state index contributed by atoms with van der Waals surface area (Å²) in [5, 5.41) is 8.93. The molecule has 1 aliphatic rings. The predicted molar refractivity (Wildman–Crippen MR) is 159 cm³/mol. The molecule has 0 unspecified atom stereocenters. The Hall–Kier alpha value is -4.09. The Bertz CT molecular complexity index is 1440. The lowest BCUT2D eigenvalue weighted by molar-refractivity contribution is 0.0932.